The van der Waals surface area contributed by atoms with Gasteiger partial charge in [-0.2, -0.15) is 0 Å². The molecule has 4 heteroatoms. The van der Waals surface area contributed by atoms with Crippen molar-refractivity contribution in [1.29, 1.82) is 0 Å². The minimum atomic E-state index is -0.614. The van der Waals surface area contributed by atoms with Gasteiger partial charge in [-0.3, -0.25) is 0 Å². The molecule has 4 aromatic rings. The first-order chi connectivity index (χ1) is 20.1. The fourth-order valence-electron chi connectivity index (χ4n) is 4.62. The van der Waals surface area contributed by atoms with Crippen LogP contribution < -0.4 is 4.74 Å². The zero-order valence-corrected chi connectivity index (χ0v) is 24.1. The smallest absolute Gasteiger partial charge is 0.335 e. The summed E-state index contributed by atoms with van der Waals surface area (Å²) in [4.78, 5) is 12.5. The predicted molar refractivity (Wildman–Crippen MR) is 167 cm³/mol. The molecule has 0 spiro atoms. The van der Waals surface area contributed by atoms with Crippen molar-refractivity contribution >= 4 is 11.5 Å². The minimum absolute atomic E-state index is 0.312. The van der Waals surface area contributed by atoms with Gasteiger partial charge in [-0.15, -0.1) is 0 Å². The SMILES string of the molecule is CCOC(=O)C(Cc1ccc(OC/C=C(\C)c2ccc(-c3ccccc3)cc2)cc1)OCCCCc1ccccc1. The summed E-state index contributed by atoms with van der Waals surface area (Å²) in [6.07, 6.45) is 4.85. The fraction of sp³-hybridized carbons (Fsp3) is 0.270. The van der Waals surface area contributed by atoms with Gasteiger partial charge in [0, 0.05) is 13.0 Å². The third kappa shape index (κ3) is 9.77. The number of hydrogen-bond acceptors (Lipinski definition) is 4. The molecule has 0 bridgehead atoms. The van der Waals surface area contributed by atoms with Gasteiger partial charge in [-0.25, -0.2) is 4.79 Å². The van der Waals surface area contributed by atoms with Crippen LogP contribution in [0.3, 0.4) is 0 Å². The van der Waals surface area contributed by atoms with Crippen LogP contribution in [0.5, 0.6) is 5.75 Å². The number of ether oxygens (including phenoxy) is 3. The number of benzene rings is 4. The molecule has 0 amide bonds. The third-order valence-corrected chi connectivity index (χ3v) is 7.00. The van der Waals surface area contributed by atoms with Crippen molar-refractivity contribution in [2.75, 3.05) is 19.8 Å². The second-order valence-electron chi connectivity index (χ2n) is 10.0. The van der Waals surface area contributed by atoms with Crippen LogP contribution in [-0.4, -0.2) is 31.9 Å². The van der Waals surface area contributed by atoms with E-state index in [0.717, 1.165) is 30.6 Å². The van der Waals surface area contributed by atoms with Crippen molar-refractivity contribution in [3.8, 4) is 16.9 Å². The number of aryl methyl sites for hydroxylation is 1. The number of hydrogen-bond donors (Lipinski definition) is 0. The highest BCUT2D eigenvalue weighted by Crippen LogP contribution is 2.22. The number of carbonyl (C=O) groups is 1. The number of carbonyl (C=O) groups excluding carboxylic acids is 1. The van der Waals surface area contributed by atoms with Gasteiger partial charge in [-0.1, -0.05) is 97.1 Å². The van der Waals surface area contributed by atoms with E-state index in [0.29, 0.717) is 26.2 Å². The summed E-state index contributed by atoms with van der Waals surface area (Å²) in [6, 6.07) is 37.2. The van der Waals surface area contributed by atoms with Crippen LogP contribution in [-0.2, 0) is 27.1 Å². The van der Waals surface area contributed by atoms with Crippen molar-refractivity contribution in [3.05, 3.63) is 132 Å². The van der Waals surface area contributed by atoms with Crippen LogP contribution >= 0.6 is 0 Å². The maximum atomic E-state index is 12.5. The Labute approximate surface area is 244 Å². The lowest BCUT2D eigenvalue weighted by atomic mass is 10.0. The Morgan fingerprint density at radius 2 is 1.41 bits per heavy atom. The first kappa shape index (κ1) is 29.8. The average Bonchev–Trinajstić information content (AvgIpc) is 3.02. The maximum Gasteiger partial charge on any atom is 0.335 e. The molecular formula is C37H40O4. The Hall–Kier alpha value is -4.15. The zero-order valence-electron chi connectivity index (χ0n) is 24.1. The van der Waals surface area contributed by atoms with Gasteiger partial charge in [0.05, 0.1) is 6.61 Å². The molecule has 0 saturated heterocycles. The van der Waals surface area contributed by atoms with E-state index in [9.17, 15) is 4.79 Å². The van der Waals surface area contributed by atoms with E-state index in [2.05, 4.69) is 85.8 Å². The van der Waals surface area contributed by atoms with Crippen molar-refractivity contribution < 1.29 is 19.0 Å². The number of rotatable bonds is 15. The average molecular weight is 549 g/mol. The van der Waals surface area contributed by atoms with Gasteiger partial charge < -0.3 is 14.2 Å². The second kappa shape index (κ2) is 16.2. The van der Waals surface area contributed by atoms with Crippen LogP contribution in [0.1, 0.15) is 43.4 Å². The first-order valence-corrected chi connectivity index (χ1v) is 14.5. The normalized spacial score (nSPS) is 12.1. The molecule has 0 aromatic heterocycles. The molecule has 212 valence electrons. The van der Waals surface area contributed by atoms with Gasteiger partial charge >= 0.3 is 5.97 Å². The topological polar surface area (TPSA) is 44.8 Å². The second-order valence-corrected chi connectivity index (χ2v) is 10.0. The van der Waals surface area contributed by atoms with Gasteiger partial charge in [0.15, 0.2) is 6.10 Å². The molecule has 0 N–H and O–H groups in total. The molecule has 0 fully saturated rings. The number of unbranched alkanes of at least 4 members (excludes halogenated alkanes) is 1. The minimum Gasteiger partial charge on any atom is -0.490 e. The summed E-state index contributed by atoms with van der Waals surface area (Å²) in [5.41, 5.74) is 7.08. The van der Waals surface area contributed by atoms with Gasteiger partial charge in [0.2, 0.25) is 0 Å². The molecule has 41 heavy (non-hydrogen) atoms. The Morgan fingerprint density at radius 3 is 2.10 bits per heavy atom. The van der Waals surface area contributed by atoms with E-state index in [1.165, 1.54) is 27.8 Å². The van der Waals surface area contributed by atoms with E-state index in [1.54, 1.807) is 0 Å². The quantitative estimate of drug-likeness (QED) is 0.111. The lowest BCUT2D eigenvalue weighted by Gasteiger charge is -2.17. The molecule has 0 aliphatic rings. The molecule has 1 atom stereocenters. The molecule has 1 unspecified atom stereocenters. The summed E-state index contributed by atoms with van der Waals surface area (Å²) in [5, 5.41) is 0. The maximum absolute atomic E-state index is 12.5. The van der Waals surface area contributed by atoms with Crippen LogP contribution in [0.25, 0.3) is 16.7 Å². The zero-order chi connectivity index (χ0) is 28.7. The van der Waals surface area contributed by atoms with Crippen molar-refractivity contribution in [2.45, 2.75) is 45.6 Å². The fourth-order valence-corrected chi connectivity index (χ4v) is 4.62. The summed E-state index contributed by atoms with van der Waals surface area (Å²) in [7, 11) is 0. The van der Waals surface area contributed by atoms with E-state index in [1.807, 2.05) is 43.3 Å². The van der Waals surface area contributed by atoms with Gasteiger partial charge in [-0.05, 0) is 84.7 Å². The highest BCUT2D eigenvalue weighted by Gasteiger charge is 2.21. The van der Waals surface area contributed by atoms with E-state index >= 15 is 0 Å². The molecule has 0 aliphatic heterocycles. The summed E-state index contributed by atoms with van der Waals surface area (Å²) in [6.45, 7) is 5.25. The molecule has 4 nitrogen and oxygen atoms in total. The Morgan fingerprint density at radius 1 is 0.756 bits per heavy atom. The Bertz CT molecular complexity index is 1340. The third-order valence-electron chi connectivity index (χ3n) is 7.00. The highest BCUT2D eigenvalue weighted by atomic mass is 16.6. The predicted octanol–water partition coefficient (Wildman–Crippen LogP) is 8.35. The van der Waals surface area contributed by atoms with E-state index < -0.39 is 6.10 Å². The van der Waals surface area contributed by atoms with Crippen molar-refractivity contribution in [2.24, 2.45) is 0 Å². The molecule has 0 aliphatic carbocycles. The number of allylic oxidation sites excluding steroid dienone is 1. The molecule has 0 radical (unpaired) electrons. The lowest BCUT2D eigenvalue weighted by molar-refractivity contribution is -0.156. The van der Waals surface area contributed by atoms with Crippen LogP contribution in [0.15, 0.2) is 115 Å². The highest BCUT2D eigenvalue weighted by molar-refractivity contribution is 5.75. The standard InChI is InChI=1S/C37H40O4/c1-3-39-37(38)36(41-26-11-10-14-30-12-6-4-7-13-30)28-31-17-23-35(24-18-31)40-27-25-29(2)32-19-21-34(22-20-32)33-15-8-5-9-16-33/h4-9,12-13,15-25,36H,3,10-11,14,26-28H2,1-2H3/b29-25+. The van der Waals surface area contributed by atoms with Crippen molar-refractivity contribution in [1.82, 2.24) is 0 Å². The van der Waals surface area contributed by atoms with Gasteiger partial charge in [0.1, 0.15) is 12.4 Å². The summed E-state index contributed by atoms with van der Waals surface area (Å²) < 4.78 is 17.2. The van der Waals surface area contributed by atoms with Gasteiger partial charge in [0.25, 0.3) is 0 Å². The van der Waals surface area contributed by atoms with Crippen LogP contribution in [0.2, 0.25) is 0 Å². The Balaban J connectivity index is 1.24. The molecule has 4 rings (SSSR count). The van der Waals surface area contributed by atoms with Crippen molar-refractivity contribution in [3.63, 3.8) is 0 Å². The molecule has 0 heterocycles. The first-order valence-electron chi connectivity index (χ1n) is 14.5. The van der Waals surface area contributed by atoms with Crippen LogP contribution in [0, 0.1) is 0 Å². The number of esters is 1. The van der Waals surface area contributed by atoms with E-state index in [-0.39, 0.29) is 5.97 Å². The van der Waals surface area contributed by atoms with E-state index in [4.69, 9.17) is 14.2 Å². The lowest BCUT2D eigenvalue weighted by Crippen LogP contribution is -2.29. The molecule has 4 aromatic carbocycles. The summed E-state index contributed by atoms with van der Waals surface area (Å²) in [5.74, 6) is 0.472. The monoisotopic (exact) mass is 548 g/mol. The largest absolute Gasteiger partial charge is 0.490 e. The Kier molecular flexibility index (Phi) is 11.8. The molecular weight excluding hydrogens is 508 g/mol. The molecule has 0 saturated carbocycles. The summed E-state index contributed by atoms with van der Waals surface area (Å²) >= 11 is 0. The van der Waals surface area contributed by atoms with Crippen LogP contribution in [0.4, 0.5) is 0 Å².